The standard InChI is InChI=1S/C25H28N2O6/c1-2-32-20-7-5-18(6-8-20)23-22(21(28)10-9-19-4-3-15-33-19)24(29)25(30)27(23)12-11-26-13-16-31-17-14-26/h3-10,15,23,29H,2,11-14,16-17H2,1H3/b10-9+. The Hall–Kier alpha value is -3.36. The molecule has 8 heteroatoms. The zero-order valence-corrected chi connectivity index (χ0v) is 18.6. The number of allylic oxidation sites excluding steroid dienone is 1. The van der Waals surface area contributed by atoms with Crippen LogP contribution in [0.15, 0.2) is 64.5 Å². The van der Waals surface area contributed by atoms with Crippen LogP contribution in [-0.4, -0.2) is 72.6 Å². The third kappa shape index (κ3) is 5.18. The minimum Gasteiger partial charge on any atom is -0.503 e. The number of amides is 1. The van der Waals surface area contributed by atoms with Gasteiger partial charge in [-0.2, -0.15) is 0 Å². The van der Waals surface area contributed by atoms with Crippen LogP contribution in [0.4, 0.5) is 0 Å². The number of nitrogens with zero attached hydrogens (tertiary/aromatic N) is 2. The van der Waals surface area contributed by atoms with Crippen molar-refractivity contribution in [2.24, 2.45) is 0 Å². The first-order chi connectivity index (χ1) is 16.1. The van der Waals surface area contributed by atoms with Gasteiger partial charge < -0.3 is 23.9 Å². The molecule has 1 aromatic carbocycles. The number of carbonyl (C=O) groups is 2. The highest BCUT2D eigenvalue weighted by atomic mass is 16.5. The first-order valence-corrected chi connectivity index (χ1v) is 11.1. The summed E-state index contributed by atoms with van der Waals surface area (Å²) in [6.07, 6.45) is 4.36. The second kappa shape index (κ2) is 10.5. The van der Waals surface area contributed by atoms with Gasteiger partial charge in [-0.25, -0.2) is 0 Å². The summed E-state index contributed by atoms with van der Waals surface area (Å²) in [5.41, 5.74) is 0.793. The number of morpholine rings is 1. The predicted octanol–water partition coefficient (Wildman–Crippen LogP) is 2.99. The fraction of sp³-hybridized carbons (Fsp3) is 0.360. The molecule has 0 bridgehead atoms. The van der Waals surface area contributed by atoms with Gasteiger partial charge in [0.05, 0.1) is 37.7 Å². The molecule has 1 N–H and O–H groups in total. The molecule has 0 spiro atoms. The van der Waals surface area contributed by atoms with Crippen molar-refractivity contribution < 1.29 is 28.6 Å². The van der Waals surface area contributed by atoms with E-state index in [2.05, 4.69) is 4.90 Å². The van der Waals surface area contributed by atoms with E-state index < -0.39 is 23.5 Å². The van der Waals surface area contributed by atoms with E-state index in [1.807, 2.05) is 19.1 Å². The molecule has 2 aliphatic rings. The second-order valence-electron chi connectivity index (χ2n) is 7.83. The van der Waals surface area contributed by atoms with Gasteiger partial charge in [0, 0.05) is 26.2 Å². The fourth-order valence-electron chi connectivity index (χ4n) is 4.10. The number of hydrogen-bond donors (Lipinski definition) is 1. The summed E-state index contributed by atoms with van der Waals surface area (Å²) in [6.45, 7) is 6.32. The Labute approximate surface area is 192 Å². The Morgan fingerprint density at radius 2 is 1.94 bits per heavy atom. The van der Waals surface area contributed by atoms with Crippen LogP contribution in [0.2, 0.25) is 0 Å². The lowest BCUT2D eigenvalue weighted by atomic mass is 9.95. The Bertz CT molecular complexity index is 1020. The van der Waals surface area contributed by atoms with Gasteiger partial charge in [0.25, 0.3) is 5.91 Å². The van der Waals surface area contributed by atoms with Crippen molar-refractivity contribution in [1.29, 1.82) is 0 Å². The number of aliphatic hydroxyl groups is 1. The van der Waals surface area contributed by atoms with Crippen molar-refractivity contribution in [3.63, 3.8) is 0 Å². The van der Waals surface area contributed by atoms with Gasteiger partial charge in [-0.05, 0) is 48.9 Å². The lowest BCUT2D eigenvalue weighted by molar-refractivity contribution is -0.129. The van der Waals surface area contributed by atoms with E-state index in [0.717, 1.165) is 18.7 Å². The molecule has 1 unspecified atom stereocenters. The summed E-state index contributed by atoms with van der Waals surface area (Å²) in [6, 6.07) is 10.0. The monoisotopic (exact) mass is 452 g/mol. The molecule has 1 atom stereocenters. The summed E-state index contributed by atoms with van der Waals surface area (Å²) in [5, 5.41) is 10.7. The molecule has 4 rings (SSSR count). The van der Waals surface area contributed by atoms with E-state index >= 15 is 0 Å². The van der Waals surface area contributed by atoms with Crippen molar-refractivity contribution >= 4 is 17.8 Å². The van der Waals surface area contributed by atoms with Crippen molar-refractivity contribution in [2.45, 2.75) is 13.0 Å². The summed E-state index contributed by atoms with van der Waals surface area (Å²) in [5.74, 6) is -0.286. The Morgan fingerprint density at radius 1 is 1.18 bits per heavy atom. The molecule has 1 amide bonds. The topological polar surface area (TPSA) is 92.5 Å². The average Bonchev–Trinajstić information content (AvgIpc) is 3.44. The quantitative estimate of drug-likeness (QED) is 0.585. The highest BCUT2D eigenvalue weighted by molar-refractivity contribution is 6.14. The molecular formula is C25H28N2O6. The number of rotatable bonds is 9. The molecule has 174 valence electrons. The van der Waals surface area contributed by atoms with E-state index in [1.54, 1.807) is 29.2 Å². The third-order valence-corrected chi connectivity index (χ3v) is 5.78. The Kier molecular flexibility index (Phi) is 7.26. The molecule has 8 nitrogen and oxygen atoms in total. The number of hydrogen-bond acceptors (Lipinski definition) is 7. The smallest absolute Gasteiger partial charge is 0.290 e. The van der Waals surface area contributed by atoms with Gasteiger partial charge in [-0.15, -0.1) is 0 Å². The Balaban J connectivity index is 1.61. The first-order valence-electron chi connectivity index (χ1n) is 11.1. The van der Waals surface area contributed by atoms with Crippen LogP contribution in [0.3, 0.4) is 0 Å². The van der Waals surface area contributed by atoms with Crippen LogP contribution >= 0.6 is 0 Å². The minimum atomic E-state index is -0.692. The van der Waals surface area contributed by atoms with Crippen LogP contribution in [0.5, 0.6) is 5.75 Å². The normalized spacial score (nSPS) is 19.6. The number of ether oxygens (including phenoxy) is 2. The minimum absolute atomic E-state index is 0.0638. The average molecular weight is 453 g/mol. The number of carbonyl (C=O) groups excluding carboxylic acids is 2. The number of aliphatic hydroxyl groups excluding tert-OH is 1. The molecule has 0 saturated carbocycles. The van der Waals surface area contributed by atoms with Crippen LogP contribution in [-0.2, 0) is 14.3 Å². The van der Waals surface area contributed by atoms with E-state index in [1.165, 1.54) is 18.4 Å². The van der Waals surface area contributed by atoms with Crippen LogP contribution in [0.25, 0.3) is 6.08 Å². The number of ketones is 1. The molecule has 1 fully saturated rings. The van der Waals surface area contributed by atoms with Crippen molar-refractivity contribution in [1.82, 2.24) is 9.80 Å². The number of benzene rings is 1. The molecule has 0 radical (unpaired) electrons. The molecule has 1 aromatic heterocycles. The molecule has 2 aliphatic heterocycles. The van der Waals surface area contributed by atoms with Crippen molar-refractivity contribution in [3.8, 4) is 5.75 Å². The number of furan rings is 1. The highest BCUT2D eigenvalue weighted by Gasteiger charge is 2.42. The maximum atomic E-state index is 13.1. The second-order valence-corrected chi connectivity index (χ2v) is 7.83. The maximum absolute atomic E-state index is 13.1. The third-order valence-electron chi connectivity index (χ3n) is 5.78. The first kappa shape index (κ1) is 22.8. The summed E-state index contributed by atoms with van der Waals surface area (Å²) < 4.78 is 16.2. The predicted molar refractivity (Wildman–Crippen MR) is 122 cm³/mol. The van der Waals surface area contributed by atoms with Crippen molar-refractivity contribution in [3.05, 3.63) is 71.4 Å². The Morgan fingerprint density at radius 3 is 2.61 bits per heavy atom. The van der Waals surface area contributed by atoms with Crippen LogP contribution in [0.1, 0.15) is 24.3 Å². The molecule has 0 aliphatic carbocycles. The highest BCUT2D eigenvalue weighted by Crippen LogP contribution is 2.38. The molecular weight excluding hydrogens is 424 g/mol. The molecule has 3 heterocycles. The van der Waals surface area contributed by atoms with E-state index in [-0.39, 0.29) is 5.57 Å². The van der Waals surface area contributed by atoms with Gasteiger partial charge in [-0.3, -0.25) is 14.5 Å². The van der Waals surface area contributed by atoms with E-state index in [9.17, 15) is 14.7 Å². The van der Waals surface area contributed by atoms with Crippen molar-refractivity contribution in [2.75, 3.05) is 46.0 Å². The van der Waals surface area contributed by atoms with Gasteiger partial charge >= 0.3 is 0 Å². The maximum Gasteiger partial charge on any atom is 0.290 e. The fourth-order valence-corrected chi connectivity index (χ4v) is 4.10. The van der Waals surface area contributed by atoms with Gasteiger partial charge in [-0.1, -0.05) is 12.1 Å². The lowest BCUT2D eigenvalue weighted by Crippen LogP contribution is -2.43. The summed E-state index contributed by atoms with van der Waals surface area (Å²) >= 11 is 0. The summed E-state index contributed by atoms with van der Waals surface area (Å²) in [7, 11) is 0. The molecule has 33 heavy (non-hydrogen) atoms. The zero-order chi connectivity index (χ0) is 23.2. The lowest BCUT2D eigenvalue weighted by Gasteiger charge is -2.31. The largest absolute Gasteiger partial charge is 0.503 e. The molecule has 1 saturated heterocycles. The van der Waals surface area contributed by atoms with E-state index in [4.69, 9.17) is 13.9 Å². The van der Waals surface area contributed by atoms with Crippen LogP contribution in [0, 0.1) is 0 Å². The summed E-state index contributed by atoms with van der Waals surface area (Å²) in [4.78, 5) is 29.9. The SMILES string of the molecule is CCOc1ccc(C2C(C(=O)/C=C/c3ccco3)=C(O)C(=O)N2CCN2CCOCC2)cc1. The van der Waals surface area contributed by atoms with Gasteiger partial charge in [0.1, 0.15) is 11.5 Å². The molecule has 2 aromatic rings. The van der Waals surface area contributed by atoms with E-state index in [0.29, 0.717) is 44.4 Å². The van der Waals surface area contributed by atoms with Gasteiger partial charge in [0.15, 0.2) is 11.5 Å². The van der Waals surface area contributed by atoms with Gasteiger partial charge in [0.2, 0.25) is 0 Å². The zero-order valence-electron chi connectivity index (χ0n) is 18.6. The van der Waals surface area contributed by atoms with Crippen LogP contribution < -0.4 is 4.74 Å².